The average molecular weight is 376 g/mol. The van der Waals surface area contributed by atoms with Crippen molar-refractivity contribution in [1.29, 1.82) is 0 Å². The number of phosphoric acid groups is 1. The van der Waals surface area contributed by atoms with E-state index in [4.69, 9.17) is 18.3 Å². The predicted molar refractivity (Wildman–Crippen MR) is 96.0 cm³/mol. The molecule has 140 valence electrons. The van der Waals surface area contributed by atoms with E-state index in [1.54, 1.807) is 0 Å². The Balaban J connectivity index is 1.15. The van der Waals surface area contributed by atoms with Crippen molar-refractivity contribution in [2.24, 2.45) is 23.7 Å². The minimum atomic E-state index is -3.54. The third kappa shape index (κ3) is 3.27. The Kier molecular flexibility index (Phi) is 4.44. The minimum absolute atomic E-state index is 0.103. The van der Waals surface area contributed by atoms with Crippen LogP contribution in [0.25, 0.3) is 0 Å². The van der Waals surface area contributed by atoms with Crippen LogP contribution in [0.5, 0.6) is 0 Å². The Morgan fingerprint density at radius 3 is 2.42 bits per heavy atom. The van der Waals surface area contributed by atoms with Crippen LogP contribution in [0.3, 0.4) is 0 Å². The van der Waals surface area contributed by atoms with Gasteiger partial charge in [-0.25, -0.2) is 9.09 Å². The molecule has 1 aromatic carbocycles. The van der Waals surface area contributed by atoms with Crippen LogP contribution in [0.1, 0.15) is 43.8 Å². The first kappa shape index (κ1) is 17.0. The summed E-state index contributed by atoms with van der Waals surface area (Å²) >= 11 is 0. The van der Waals surface area contributed by atoms with Crippen LogP contribution in [0.2, 0.25) is 0 Å². The van der Waals surface area contributed by atoms with Gasteiger partial charge in [0, 0.05) is 0 Å². The van der Waals surface area contributed by atoms with Gasteiger partial charge in [-0.05, 0) is 66.9 Å². The summed E-state index contributed by atoms with van der Waals surface area (Å²) in [6.07, 6.45) is 8.19. The maximum Gasteiger partial charge on any atom is 0.478 e. The Hall–Kier alpha value is -1.13. The molecule has 5 aliphatic rings. The fraction of sp³-hybridized carbons (Fsp3) is 0.600. The second-order valence-corrected chi connectivity index (χ2v) is 9.71. The first-order chi connectivity index (χ1) is 12.7. The Morgan fingerprint density at radius 2 is 1.73 bits per heavy atom. The summed E-state index contributed by atoms with van der Waals surface area (Å²) in [5.41, 5.74) is 2.37. The number of benzene rings is 1. The molecule has 4 saturated carbocycles. The minimum Gasteiger partial charge on any atom is -0.475 e. The topological polar surface area (TPSA) is 54.0 Å². The highest BCUT2D eigenvalue weighted by atomic mass is 31.2. The molecule has 0 N–H and O–H groups in total. The molecule has 6 heteroatoms. The summed E-state index contributed by atoms with van der Waals surface area (Å²) in [6.45, 7) is 0.129. The van der Waals surface area contributed by atoms with Gasteiger partial charge in [-0.3, -0.25) is 9.05 Å². The molecule has 0 aromatic heterocycles. The molecule has 1 heterocycles. The molecule has 0 spiro atoms. The van der Waals surface area contributed by atoms with Gasteiger partial charge in [0.25, 0.3) is 0 Å². The van der Waals surface area contributed by atoms with Gasteiger partial charge >= 0.3 is 7.82 Å². The lowest BCUT2D eigenvalue weighted by Gasteiger charge is -2.51. The van der Waals surface area contributed by atoms with Crippen LogP contribution in [0.15, 0.2) is 42.2 Å². The summed E-state index contributed by atoms with van der Waals surface area (Å²) in [7, 11) is -3.54. The van der Waals surface area contributed by atoms with Crippen LogP contribution in [0, 0.1) is 23.7 Å². The van der Waals surface area contributed by atoms with Gasteiger partial charge in [0.15, 0.2) is 6.79 Å². The van der Waals surface area contributed by atoms with Gasteiger partial charge in [-0.1, -0.05) is 30.3 Å². The molecule has 1 aliphatic heterocycles. The van der Waals surface area contributed by atoms with Crippen molar-refractivity contribution < 1.29 is 22.9 Å². The van der Waals surface area contributed by atoms with Crippen molar-refractivity contribution in [3.8, 4) is 0 Å². The first-order valence-electron chi connectivity index (χ1n) is 9.62. The summed E-state index contributed by atoms with van der Waals surface area (Å²) in [5, 5.41) is 0. The fourth-order valence-corrected chi connectivity index (χ4v) is 6.61. The third-order valence-electron chi connectivity index (χ3n) is 6.39. The molecule has 2 unspecified atom stereocenters. The lowest BCUT2D eigenvalue weighted by atomic mass is 9.54. The van der Waals surface area contributed by atoms with Gasteiger partial charge in [0.2, 0.25) is 0 Å². The van der Waals surface area contributed by atoms with Crippen molar-refractivity contribution in [2.75, 3.05) is 13.4 Å². The molecule has 5 nitrogen and oxygen atoms in total. The van der Waals surface area contributed by atoms with Crippen LogP contribution in [0.4, 0.5) is 0 Å². The van der Waals surface area contributed by atoms with E-state index in [9.17, 15) is 4.57 Å². The molecule has 6 rings (SSSR count). The number of hydrogen-bond acceptors (Lipinski definition) is 5. The number of phosphoric ester groups is 1. The SMILES string of the molecule is O=P1(OCOC=C2C3CC4CC(C3)CC2C4)OCC(c2ccccc2)O1. The predicted octanol–water partition coefficient (Wildman–Crippen LogP) is 5.21. The van der Waals surface area contributed by atoms with Gasteiger partial charge in [0.1, 0.15) is 6.10 Å². The molecular formula is C20H25O5P. The van der Waals surface area contributed by atoms with E-state index in [-0.39, 0.29) is 19.5 Å². The first-order valence-corrected chi connectivity index (χ1v) is 11.1. The standard InChI is InChI=1S/C20H25O5P/c21-26(23-12-20(25-26)16-4-2-1-3-5-16)24-13-22-11-19-17-7-14-6-15(9-17)10-18(19)8-14/h1-5,11,14-15,17-18,20H,6-10,12-13H2. The van der Waals surface area contributed by atoms with Crippen molar-refractivity contribution in [2.45, 2.75) is 38.2 Å². The molecule has 5 fully saturated rings. The highest BCUT2D eigenvalue weighted by Crippen LogP contribution is 2.59. The Morgan fingerprint density at radius 1 is 1.04 bits per heavy atom. The van der Waals surface area contributed by atoms with E-state index in [2.05, 4.69) is 0 Å². The average Bonchev–Trinajstić information content (AvgIpc) is 3.03. The Labute approximate surface area is 154 Å². The number of allylic oxidation sites excluding steroid dienone is 1. The lowest BCUT2D eigenvalue weighted by molar-refractivity contribution is 0.0332. The number of ether oxygens (including phenoxy) is 1. The second-order valence-electron chi connectivity index (χ2n) is 8.08. The third-order valence-corrected chi connectivity index (χ3v) is 7.79. The van der Waals surface area contributed by atoms with E-state index in [0.717, 1.165) is 17.4 Å². The molecule has 1 saturated heterocycles. The van der Waals surface area contributed by atoms with E-state index in [1.165, 1.54) is 37.7 Å². The zero-order valence-corrected chi connectivity index (χ0v) is 15.7. The number of hydrogen-bond donors (Lipinski definition) is 0. The van der Waals surface area contributed by atoms with Gasteiger partial charge in [-0.15, -0.1) is 0 Å². The molecule has 0 amide bonds. The summed E-state index contributed by atoms with van der Waals surface area (Å²) in [6, 6.07) is 9.63. The zero-order chi connectivity index (χ0) is 17.6. The van der Waals surface area contributed by atoms with Crippen LogP contribution < -0.4 is 0 Å². The van der Waals surface area contributed by atoms with Crippen molar-refractivity contribution in [3.05, 3.63) is 47.7 Å². The normalized spacial score (nSPS) is 40.8. The van der Waals surface area contributed by atoms with Gasteiger partial charge in [0.05, 0.1) is 12.9 Å². The highest BCUT2D eigenvalue weighted by Gasteiger charge is 2.45. The van der Waals surface area contributed by atoms with Crippen LogP contribution >= 0.6 is 7.82 Å². The molecular weight excluding hydrogens is 351 g/mol. The van der Waals surface area contributed by atoms with Gasteiger partial charge < -0.3 is 4.74 Å². The van der Waals surface area contributed by atoms with E-state index < -0.39 is 7.82 Å². The molecule has 1 aromatic rings. The van der Waals surface area contributed by atoms with Crippen molar-refractivity contribution in [3.63, 3.8) is 0 Å². The van der Waals surface area contributed by atoms with E-state index in [1.807, 2.05) is 36.6 Å². The van der Waals surface area contributed by atoms with E-state index >= 15 is 0 Å². The largest absolute Gasteiger partial charge is 0.478 e. The number of rotatable bonds is 5. The van der Waals surface area contributed by atoms with E-state index in [0.29, 0.717) is 11.8 Å². The maximum absolute atomic E-state index is 12.5. The maximum atomic E-state index is 12.5. The van der Waals surface area contributed by atoms with Gasteiger partial charge in [-0.2, -0.15) is 0 Å². The monoisotopic (exact) mass is 376 g/mol. The molecule has 2 atom stereocenters. The zero-order valence-electron chi connectivity index (χ0n) is 14.8. The molecule has 4 bridgehead atoms. The lowest BCUT2D eigenvalue weighted by Crippen LogP contribution is -2.40. The second kappa shape index (κ2) is 6.79. The summed E-state index contributed by atoms with van der Waals surface area (Å²) in [4.78, 5) is 0. The van der Waals surface area contributed by atoms with Crippen LogP contribution in [-0.4, -0.2) is 13.4 Å². The summed E-state index contributed by atoms with van der Waals surface area (Å²) in [5.74, 6) is 3.22. The molecule has 0 radical (unpaired) electrons. The summed E-state index contributed by atoms with van der Waals surface area (Å²) < 4.78 is 34.3. The van der Waals surface area contributed by atoms with Crippen LogP contribution in [-0.2, 0) is 22.9 Å². The quantitative estimate of drug-likeness (QED) is 0.305. The highest BCUT2D eigenvalue weighted by molar-refractivity contribution is 7.48. The van der Waals surface area contributed by atoms with Crippen molar-refractivity contribution >= 4 is 7.82 Å². The Bertz CT molecular complexity index is 701. The molecule has 26 heavy (non-hydrogen) atoms. The fourth-order valence-electron chi connectivity index (χ4n) is 5.41. The smallest absolute Gasteiger partial charge is 0.475 e. The van der Waals surface area contributed by atoms with Crippen molar-refractivity contribution in [1.82, 2.24) is 0 Å². The molecule has 4 aliphatic carbocycles.